The van der Waals surface area contributed by atoms with Crippen LogP contribution in [0.25, 0.3) is 10.8 Å². The van der Waals surface area contributed by atoms with Crippen LogP contribution in [0.15, 0.2) is 24.4 Å². The Balaban J connectivity index is 2.00. The number of benzene rings is 1. The van der Waals surface area contributed by atoms with Gasteiger partial charge < -0.3 is 9.47 Å². The molecule has 0 saturated heterocycles. The molecule has 0 bridgehead atoms. The van der Waals surface area contributed by atoms with E-state index in [9.17, 15) is 4.39 Å². The zero-order chi connectivity index (χ0) is 13.2. The van der Waals surface area contributed by atoms with Gasteiger partial charge in [-0.3, -0.25) is 0 Å². The summed E-state index contributed by atoms with van der Waals surface area (Å²) in [5.74, 6) is -0.0737. The fraction of sp³-hybridized carbons (Fsp3) is 0.400. The van der Waals surface area contributed by atoms with E-state index < -0.39 is 5.85 Å². The monoisotopic (exact) mass is 259 g/mol. The minimum Gasteiger partial charge on any atom is -0.481 e. The van der Waals surface area contributed by atoms with Crippen molar-refractivity contribution in [2.24, 2.45) is 5.92 Å². The van der Waals surface area contributed by atoms with Crippen molar-refractivity contribution in [2.75, 3.05) is 7.11 Å². The third-order valence-corrected chi connectivity index (χ3v) is 4.24. The van der Waals surface area contributed by atoms with Crippen LogP contribution in [0, 0.1) is 5.92 Å². The van der Waals surface area contributed by atoms with Gasteiger partial charge in [-0.25, -0.2) is 4.98 Å². The van der Waals surface area contributed by atoms with E-state index in [1.54, 1.807) is 13.3 Å². The standard InChI is InChI=1S/C15H14FNO2/c1-15(16)12-7-11(12)8-3-4-10-9(13(8)19-15)5-6-17-14(10)18-2/h3-6,11-12H,7H2,1-2H3/t11-,12-,15?/m1/s1. The van der Waals surface area contributed by atoms with E-state index in [4.69, 9.17) is 9.47 Å². The molecular formula is C15H14FNO2. The molecule has 0 amide bonds. The number of rotatable bonds is 1. The molecule has 1 unspecified atom stereocenters. The Labute approximate surface area is 110 Å². The number of fused-ring (bicyclic) bond motifs is 5. The van der Waals surface area contributed by atoms with Crippen molar-refractivity contribution >= 4 is 10.8 Å². The van der Waals surface area contributed by atoms with Crippen LogP contribution in [-0.2, 0) is 0 Å². The van der Waals surface area contributed by atoms with Crippen LogP contribution in [0.3, 0.4) is 0 Å². The van der Waals surface area contributed by atoms with Crippen molar-refractivity contribution in [2.45, 2.75) is 25.1 Å². The average molecular weight is 259 g/mol. The van der Waals surface area contributed by atoms with Crippen molar-refractivity contribution in [3.63, 3.8) is 0 Å². The topological polar surface area (TPSA) is 31.4 Å². The molecule has 1 aliphatic heterocycles. The molecule has 0 N–H and O–H groups in total. The van der Waals surface area contributed by atoms with Crippen LogP contribution < -0.4 is 9.47 Å². The Kier molecular flexibility index (Phi) is 1.96. The third kappa shape index (κ3) is 1.40. The second-order valence-electron chi connectivity index (χ2n) is 5.44. The molecule has 1 aromatic heterocycles. The Bertz CT molecular complexity index is 683. The fourth-order valence-corrected chi connectivity index (χ4v) is 3.17. The summed E-state index contributed by atoms with van der Waals surface area (Å²) >= 11 is 0. The fourth-order valence-electron chi connectivity index (χ4n) is 3.17. The molecule has 3 nitrogen and oxygen atoms in total. The first-order valence-corrected chi connectivity index (χ1v) is 6.45. The zero-order valence-electron chi connectivity index (χ0n) is 10.8. The predicted octanol–water partition coefficient (Wildman–Crippen LogP) is 3.43. The van der Waals surface area contributed by atoms with Crippen LogP contribution in [0.1, 0.15) is 24.8 Å². The van der Waals surface area contributed by atoms with Gasteiger partial charge in [0.25, 0.3) is 0 Å². The molecule has 0 radical (unpaired) electrons. The second kappa shape index (κ2) is 3.38. The predicted molar refractivity (Wildman–Crippen MR) is 69.3 cm³/mol. The third-order valence-electron chi connectivity index (χ3n) is 4.24. The summed E-state index contributed by atoms with van der Waals surface area (Å²) in [6.07, 6.45) is 2.53. The van der Waals surface area contributed by atoms with E-state index in [0.29, 0.717) is 17.5 Å². The highest BCUT2D eigenvalue weighted by molar-refractivity contribution is 5.93. The Morgan fingerprint density at radius 1 is 1.37 bits per heavy atom. The smallest absolute Gasteiger partial charge is 0.249 e. The molecule has 1 fully saturated rings. The first kappa shape index (κ1) is 11.0. The van der Waals surface area contributed by atoms with Crippen molar-refractivity contribution in [3.05, 3.63) is 30.0 Å². The van der Waals surface area contributed by atoms with Crippen LogP contribution in [0.2, 0.25) is 0 Å². The summed E-state index contributed by atoms with van der Waals surface area (Å²) in [7, 11) is 1.58. The molecule has 19 heavy (non-hydrogen) atoms. The highest BCUT2D eigenvalue weighted by Gasteiger charge is 2.57. The van der Waals surface area contributed by atoms with Gasteiger partial charge in [-0.05, 0) is 30.0 Å². The van der Waals surface area contributed by atoms with E-state index in [-0.39, 0.29) is 5.92 Å². The summed E-state index contributed by atoms with van der Waals surface area (Å²) in [6, 6.07) is 5.86. The van der Waals surface area contributed by atoms with E-state index >= 15 is 0 Å². The Morgan fingerprint density at radius 3 is 3.00 bits per heavy atom. The van der Waals surface area contributed by atoms with Gasteiger partial charge in [0, 0.05) is 29.8 Å². The van der Waals surface area contributed by atoms with Crippen molar-refractivity contribution in [1.82, 2.24) is 4.98 Å². The summed E-state index contributed by atoms with van der Waals surface area (Å²) in [4.78, 5) is 4.17. The maximum Gasteiger partial charge on any atom is 0.249 e. The number of nitrogens with zero attached hydrogens (tertiary/aromatic N) is 1. The number of ether oxygens (including phenoxy) is 2. The number of alkyl halides is 1. The van der Waals surface area contributed by atoms with E-state index in [0.717, 1.165) is 22.8 Å². The summed E-state index contributed by atoms with van der Waals surface area (Å²) in [6.45, 7) is 1.53. The van der Waals surface area contributed by atoms with Crippen molar-refractivity contribution < 1.29 is 13.9 Å². The van der Waals surface area contributed by atoms with Gasteiger partial charge in [-0.2, -0.15) is 4.39 Å². The van der Waals surface area contributed by atoms with Crippen LogP contribution in [-0.4, -0.2) is 17.9 Å². The van der Waals surface area contributed by atoms with Crippen LogP contribution in [0.5, 0.6) is 11.6 Å². The van der Waals surface area contributed by atoms with E-state index in [2.05, 4.69) is 4.98 Å². The molecule has 1 aliphatic carbocycles. The first-order valence-electron chi connectivity index (χ1n) is 6.45. The van der Waals surface area contributed by atoms with Gasteiger partial charge in [0.1, 0.15) is 5.75 Å². The van der Waals surface area contributed by atoms with Gasteiger partial charge in [0.05, 0.1) is 7.11 Å². The van der Waals surface area contributed by atoms with E-state index in [1.807, 2.05) is 18.2 Å². The van der Waals surface area contributed by atoms with Gasteiger partial charge in [0.2, 0.25) is 11.7 Å². The summed E-state index contributed by atoms with van der Waals surface area (Å²) < 4.78 is 25.3. The van der Waals surface area contributed by atoms with Gasteiger partial charge in [0.15, 0.2) is 0 Å². The quantitative estimate of drug-likeness (QED) is 0.786. The molecule has 0 spiro atoms. The van der Waals surface area contributed by atoms with Crippen molar-refractivity contribution in [1.29, 1.82) is 0 Å². The zero-order valence-corrected chi connectivity index (χ0v) is 10.8. The molecule has 1 saturated carbocycles. The van der Waals surface area contributed by atoms with Gasteiger partial charge >= 0.3 is 0 Å². The number of pyridine rings is 1. The van der Waals surface area contributed by atoms with Gasteiger partial charge in [-0.15, -0.1) is 0 Å². The Morgan fingerprint density at radius 2 is 2.21 bits per heavy atom. The molecule has 98 valence electrons. The van der Waals surface area contributed by atoms with E-state index in [1.165, 1.54) is 6.92 Å². The van der Waals surface area contributed by atoms with Crippen LogP contribution in [0.4, 0.5) is 4.39 Å². The normalized spacial score (nSPS) is 31.3. The lowest BCUT2D eigenvalue weighted by Crippen LogP contribution is -2.32. The lowest BCUT2D eigenvalue weighted by Gasteiger charge is -2.29. The number of halogens is 1. The highest BCUT2D eigenvalue weighted by Crippen LogP contribution is 2.62. The maximum atomic E-state index is 14.4. The maximum absolute atomic E-state index is 14.4. The number of hydrogen-bond donors (Lipinski definition) is 0. The lowest BCUT2D eigenvalue weighted by molar-refractivity contribution is -0.0721. The SMILES string of the molecule is COc1nccc2c3c(ccc12)[C@H]1C[C@H]1C(C)(F)O3. The molecule has 4 heteroatoms. The molecule has 4 rings (SSSR count). The minimum absolute atomic E-state index is 0.00110. The van der Waals surface area contributed by atoms with Gasteiger partial charge in [-0.1, -0.05) is 6.07 Å². The number of aromatic nitrogens is 1. The molecule has 3 atom stereocenters. The average Bonchev–Trinajstić information content (AvgIpc) is 3.19. The molecule has 2 aliphatic rings. The van der Waals surface area contributed by atoms with Crippen LogP contribution >= 0.6 is 0 Å². The molecule has 2 heterocycles. The second-order valence-corrected chi connectivity index (χ2v) is 5.44. The summed E-state index contributed by atoms with van der Waals surface area (Å²) in [5.41, 5.74) is 1.11. The largest absolute Gasteiger partial charge is 0.481 e. The molecular weight excluding hydrogens is 245 g/mol. The summed E-state index contributed by atoms with van der Waals surface area (Å²) in [5, 5.41) is 1.73. The number of hydrogen-bond acceptors (Lipinski definition) is 3. The minimum atomic E-state index is -1.57. The number of methoxy groups -OCH3 is 1. The first-order chi connectivity index (χ1) is 9.12. The Hall–Kier alpha value is -1.84. The lowest BCUT2D eigenvalue weighted by atomic mass is 9.98. The molecule has 1 aromatic carbocycles. The highest BCUT2D eigenvalue weighted by atomic mass is 19.2. The van der Waals surface area contributed by atoms with Crippen molar-refractivity contribution in [3.8, 4) is 11.6 Å². The molecule has 2 aromatic rings.